The van der Waals surface area contributed by atoms with Crippen LogP contribution in [0.1, 0.15) is 47.7 Å². The van der Waals surface area contributed by atoms with E-state index in [1.165, 1.54) is 33.5 Å². The highest BCUT2D eigenvalue weighted by atomic mass is 32.1. The van der Waals surface area contributed by atoms with Crippen molar-refractivity contribution in [3.8, 4) is 23.0 Å². The summed E-state index contributed by atoms with van der Waals surface area (Å²) in [7, 11) is 6.53. The SMILES string of the molecule is CCC(COC(=O)c1cc(OC)c(OC)c(OC)c1)([NH2+]C)c1ccccc1.NC(=S)c1ccc(OC(=O)NC(CCCN/C(N)=N/[N+](=O)[O-])C(=O)[O-])cc1. The molecule has 3 aromatic carbocycles. The number of carbonyl (C=O) groups excluding carboxylic acids is 3. The summed E-state index contributed by atoms with van der Waals surface area (Å²) in [6.07, 6.45) is -0.00285. The van der Waals surface area contributed by atoms with Crippen LogP contribution in [0.15, 0.2) is 71.8 Å². The van der Waals surface area contributed by atoms with Gasteiger partial charge in [0.1, 0.15) is 15.8 Å². The molecule has 2 unspecified atom stereocenters. The van der Waals surface area contributed by atoms with Gasteiger partial charge in [-0.15, -0.1) is 0 Å². The van der Waals surface area contributed by atoms with Gasteiger partial charge in [-0.25, -0.2) is 19.7 Å². The summed E-state index contributed by atoms with van der Waals surface area (Å²) >= 11 is 4.80. The number of likely N-dealkylation sites (N-methyl/N-ethyl adjacent to an activating group) is 1. The summed E-state index contributed by atoms with van der Waals surface area (Å²) in [5, 5.41) is 29.7. The molecule has 0 aliphatic carbocycles. The number of amides is 1. The fourth-order valence-corrected chi connectivity index (χ4v) is 5.09. The zero-order valence-corrected chi connectivity index (χ0v) is 31.3. The van der Waals surface area contributed by atoms with Gasteiger partial charge in [0.05, 0.1) is 46.0 Å². The normalized spacial score (nSPS) is 12.4. The lowest BCUT2D eigenvalue weighted by atomic mass is 9.88. The maximum Gasteiger partial charge on any atom is 0.413 e. The van der Waals surface area contributed by atoms with Crippen molar-refractivity contribution in [3.05, 3.63) is 93.5 Å². The third-order valence-corrected chi connectivity index (χ3v) is 8.22. The number of guanidine groups is 1. The lowest BCUT2D eigenvalue weighted by Gasteiger charge is -2.29. The second-order valence-electron chi connectivity index (χ2n) is 11.2. The van der Waals surface area contributed by atoms with Crippen molar-refractivity contribution in [2.75, 3.05) is 41.5 Å². The average Bonchev–Trinajstić information content (AvgIpc) is 3.16. The number of nitrogens with zero attached hydrogens (tertiary/aromatic N) is 2. The van der Waals surface area contributed by atoms with Crippen molar-refractivity contribution in [3.63, 3.8) is 0 Å². The first kappa shape index (κ1) is 44.0. The largest absolute Gasteiger partial charge is 0.548 e. The van der Waals surface area contributed by atoms with E-state index in [-0.39, 0.29) is 42.3 Å². The van der Waals surface area contributed by atoms with Gasteiger partial charge >= 0.3 is 12.1 Å². The van der Waals surface area contributed by atoms with Crippen LogP contribution in [-0.4, -0.2) is 81.6 Å². The fourth-order valence-electron chi connectivity index (χ4n) is 4.95. The van der Waals surface area contributed by atoms with E-state index < -0.39 is 35.1 Å². The van der Waals surface area contributed by atoms with Gasteiger partial charge in [-0.2, -0.15) is 0 Å². The van der Waals surface area contributed by atoms with Crippen LogP contribution in [0.25, 0.3) is 0 Å². The smallest absolute Gasteiger partial charge is 0.413 e. The van der Waals surface area contributed by atoms with Gasteiger partial charge in [-0.3, -0.25) is 0 Å². The highest BCUT2D eigenvalue weighted by molar-refractivity contribution is 7.80. The number of aliphatic carboxylic acids is 1. The summed E-state index contributed by atoms with van der Waals surface area (Å²) in [6.45, 7) is 2.43. The molecule has 0 aliphatic heterocycles. The first-order chi connectivity index (χ1) is 25.7. The number of nitro groups is 1. The first-order valence-corrected chi connectivity index (χ1v) is 16.8. The summed E-state index contributed by atoms with van der Waals surface area (Å²) in [6, 6.07) is 17.9. The number of esters is 1. The van der Waals surface area contributed by atoms with Crippen LogP contribution in [0.3, 0.4) is 0 Å². The molecule has 8 N–H and O–H groups in total. The van der Waals surface area contributed by atoms with Crippen LogP contribution in [0.2, 0.25) is 0 Å². The number of rotatable bonds is 18. The molecule has 0 aromatic heterocycles. The van der Waals surface area contributed by atoms with E-state index in [2.05, 4.69) is 40.1 Å². The molecule has 0 bridgehead atoms. The Hall–Kier alpha value is -6.21. The number of hydrogen-bond donors (Lipinski definition) is 5. The molecular formula is C35H45N7O11S. The molecule has 1 amide bonds. The van der Waals surface area contributed by atoms with Crippen LogP contribution in [0.4, 0.5) is 4.79 Å². The van der Waals surface area contributed by atoms with Crippen molar-refractivity contribution < 1.29 is 53.5 Å². The van der Waals surface area contributed by atoms with E-state index in [4.69, 9.17) is 47.4 Å². The maximum atomic E-state index is 12.7. The molecule has 0 radical (unpaired) electrons. The van der Waals surface area contributed by atoms with Gasteiger partial charge in [0.15, 0.2) is 28.7 Å². The van der Waals surface area contributed by atoms with Crippen LogP contribution >= 0.6 is 12.2 Å². The van der Waals surface area contributed by atoms with E-state index >= 15 is 0 Å². The highest BCUT2D eigenvalue weighted by Gasteiger charge is 2.35. The van der Waals surface area contributed by atoms with Gasteiger partial charge in [-0.05, 0) is 49.2 Å². The van der Waals surface area contributed by atoms with E-state index in [9.17, 15) is 29.6 Å². The number of carbonyl (C=O) groups is 3. The topological polar surface area (TPSA) is 269 Å². The number of carboxylic acid groups (broad SMARTS) is 1. The van der Waals surface area contributed by atoms with Crippen molar-refractivity contribution in [2.24, 2.45) is 16.6 Å². The van der Waals surface area contributed by atoms with E-state index in [0.717, 1.165) is 12.0 Å². The van der Waals surface area contributed by atoms with E-state index in [1.54, 1.807) is 24.3 Å². The van der Waals surface area contributed by atoms with Gasteiger partial charge < -0.3 is 61.0 Å². The van der Waals surface area contributed by atoms with Gasteiger partial charge in [0.2, 0.25) is 5.75 Å². The van der Waals surface area contributed by atoms with Crippen LogP contribution in [0.5, 0.6) is 23.0 Å². The maximum absolute atomic E-state index is 12.7. The highest BCUT2D eigenvalue weighted by Crippen LogP contribution is 2.38. The number of methoxy groups -OCH3 is 3. The zero-order chi connectivity index (χ0) is 40.3. The molecule has 54 heavy (non-hydrogen) atoms. The molecule has 2 atom stereocenters. The summed E-state index contributed by atoms with van der Waals surface area (Å²) in [5.41, 5.74) is 12.4. The standard InChI is InChI=1S/C21H27NO5.C14H18N6O6S/c1-6-21(22-2,16-10-8-7-9-11-16)14-27-20(23)15-12-17(24-3)19(26-5)18(13-15)25-4;15-11(27)8-3-5-9(6-4-8)26-14(23)18-10(12(21)22)2-1-7-17-13(16)19-20(24)25/h7-13,22H,6,14H2,1-5H3;3-6,10H,1-2,7H2,(H2,15,27)(H,18,23)(H,21,22)(H3,16,17,19). The molecule has 18 nitrogen and oxygen atoms in total. The average molecular weight is 772 g/mol. The zero-order valence-electron chi connectivity index (χ0n) is 30.5. The Labute approximate surface area is 317 Å². The quantitative estimate of drug-likeness (QED) is 0.0227. The number of ether oxygens (including phenoxy) is 5. The molecule has 3 rings (SSSR count). The predicted octanol–water partition coefficient (Wildman–Crippen LogP) is 0.772. The minimum absolute atomic E-state index is 0.0312. The molecular weight excluding hydrogens is 726 g/mol. The monoisotopic (exact) mass is 771 g/mol. The number of hydrazone groups is 1. The lowest BCUT2D eigenvalue weighted by molar-refractivity contribution is -0.715. The Morgan fingerprint density at radius 3 is 2.07 bits per heavy atom. The predicted molar refractivity (Wildman–Crippen MR) is 199 cm³/mol. The minimum Gasteiger partial charge on any atom is -0.548 e. The van der Waals surface area contributed by atoms with Crippen LogP contribution < -0.4 is 51.5 Å². The Balaban J connectivity index is 0.000000373. The van der Waals surface area contributed by atoms with Crippen molar-refractivity contribution >= 4 is 41.2 Å². The number of carboxylic acids is 1. The second kappa shape index (κ2) is 22.0. The number of nitrogens with two attached hydrogens (primary N) is 3. The summed E-state index contributed by atoms with van der Waals surface area (Å²) in [5.74, 6) is -0.947. The van der Waals surface area contributed by atoms with Gasteiger partial charge in [0, 0.05) is 24.1 Å². The van der Waals surface area contributed by atoms with Crippen LogP contribution in [-0.2, 0) is 15.1 Å². The molecule has 3 aromatic rings. The minimum atomic E-state index is -1.51. The van der Waals surface area contributed by atoms with E-state index in [1.807, 2.05) is 25.2 Å². The number of benzene rings is 3. The molecule has 0 saturated carbocycles. The van der Waals surface area contributed by atoms with Crippen molar-refractivity contribution in [1.82, 2.24) is 10.6 Å². The molecule has 0 fully saturated rings. The molecule has 0 spiro atoms. The van der Waals surface area contributed by atoms with Gasteiger partial charge in [0.25, 0.3) is 5.96 Å². The molecule has 0 heterocycles. The molecule has 292 valence electrons. The second-order valence-corrected chi connectivity index (χ2v) is 11.7. The number of hydrogen-bond acceptors (Lipinski definition) is 12. The number of thiocarbonyl (C=S) groups is 1. The number of quaternary nitrogens is 1. The molecule has 0 aliphatic rings. The Morgan fingerprint density at radius 2 is 1.59 bits per heavy atom. The van der Waals surface area contributed by atoms with Crippen molar-refractivity contribution in [1.29, 1.82) is 0 Å². The Kier molecular flexibility index (Phi) is 17.9. The summed E-state index contributed by atoms with van der Waals surface area (Å²) < 4.78 is 26.6. The fraction of sp³-hybridized carbons (Fsp3) is 0.343. The molecule has 0 saturated heterocycles. The van der Waals surface area contributed by atoms with Crippen molar-refractivity contribution in [2.45, 2.75) is 37.8 Å². The van der Waals surface area contributed by atoms with Gasteiger partial charge in [-0.1, -0.05) is 49.5 Å². The van der Waals surface area contributed by atoms with E-state index in [0.29, 0.717) is 28.4 Å². The number of nitrogens with one attached hydrogen (secondary N) is 2. The summed E-state index contributed by atoms with van der Waals surface area (Å²) in [4.78, 5) is 45.9. The third kappa shape index (κ3) is 13.4. The first-order valence-electron chi connectivity index (χ1n) is 16.4. The van der Waals surface area contributed by atoms with Crippen LogP contribution in [0, 0.1) is 10.1 Å². The lowest BCUT2D eigenvalue weighted by Crippen LogP contribution is -2.92. The third-order valence-electron chi connectivity index (χ3n) is 7.98. The molecule has 19 heteroatoms. The Bertz CT molecular complexity index is 1730. The Morgan fingerprint density at radius 1 is 0.981 bits per heavy atom.